The number of carbonyl (C=O) groups excluding carboxylic acids is 2. The lowest BCUT2D eigenvalue weighted by atomic mass is 10.1. The number of ether oxygens (including phenoxy) is 3. The van der Waals surface area contributed by atoms with Gasteiger partial charge in [-0.1, -0.05) is 18.2 Å². The molecule has 1 aromatic heterocycles. The van der Waals surface area contributed by atoms with Crippen LogP contribution in [0.15, 0.2) is 42.6 Å². The van der Waals surface area contributed by atoms with Crippen LogP contribution in [-0.2, 0) is 20.7 Å². The third-order valence-corrected chi connectivity index (χ3v) is 4.71. The van der Waals surface area contributed by atoms with Crippen molar-refractivity contribution in [3.05, 3.63) is 58.3 Å². The summed E-state index contributed by atoms with van der Waals surface area (Å²) in [6.07, 6.45) is 2.34. The molecule has 1 aliphatic heterocycles. The summed E-state index contributed by atoms with van der Waals surface area (Å²) >= 11 is 0. The molecule has 0 aliphatic carbocycles. The third-order valence-electron chi connectivity index (χ3n) is 4.71. The number of para-hydroxylation sites is 1. The molecule has 2 N–H and O–H groups in total. The smallest absolute Gasteiger partial charge is 0.310 e. The van der Waals surface area contributed by atoms with Crippen LogP contribution in [0, 0.1) is 10.1 Å². The molecule has 2 heterocycles. The first-order valence-electron chi connectivity index (χ1n) is 9.60. The SMILES string of the molecule is O=C(COC(=O)Cc1c[nH]c2ccccc12)Nc1cc2c(cc1[N+](=O)[O-])OCCCO2. The van der Waals surface area contributed by atoms with E-state index in [1.54, 1.807) is 6.20 Å². The number of hydrogen-bond donors (Lipinski definition) is 2. The minimum Gasteiger partial charge on any atom is -0.489 e. The number of nitrogens with zero attached hydrogens (tertiary/aromatic N) is 1. The number of aromatic amines is 1. The average molecular weight is 425 g/mol. The van der Waals surface area contributed by atoms with Gasteiger partial charge in [0.1, 0.15) is 5.69 Å². The second kappa shape index (κ2) is 8.74. The monoisotopic (exact) mass is 425 g/mol. The van der Waals surface area contributed by atoms with Gasteiger partial charge in [0, 0.05) is 29.6 Å². The van der Waals surface area contributed by atoms with Gasteiger partial charge in [-0.05, 0) is 11.6 Å². The lowest BCUT2D eigenvalue weighted by Gasteiger charge is -2.11. The highest BCUT2D eigenvalue weighted by Crippen LogP contribution is 2.39. The van der Waals surface area contributed by atoms with Gasteiger partial charge in [0.05, 0.1) is 30.6 Å². The molecule has 4 rings (SSSR count). The number of benzene rings is 2. The van der Waals surface area contributed by atoms with Crippen LogP contribution in [0.3, 0.4) is 0 Å². The fourth-order valence-corrected chi connectivity index (χ4v) is 3.27. The maximum Gasteiger partial charge on any atom is 0.310 e. The number of amides is 1. The summed E-state index contributed by atoms with van der Waals surface area (Å²) in [7, 11) is 0. The molecule has 0 radical (unpaired) electrons. The molecule has 10 nitrogen and oxygen atoms in total. The number of aromatic nitrogens is 1. The zero-order valence-electron chi connectivity index (χ0n) is 16.4. The van der Waals surface area contributed by atoms with Crippen molar-refractivity contribution < 1.29 is 28.7 Å². The van der Waals surface area contributed by atoms with E-state index >= 15 is 0 Å². The fourth-order valence-electron chi connectivity index (χ4n) is 3.27. The maximum absolute atomic E-state index is 12.3. The summed E-state index contributed by atoms with van der Waals surface area (Å²) in [6, 6.07) is 10.1. The molecule has 10 heteroatoms. The molecule has 160 valence electrons. The molecule has 0 fully saturated rings. The van der Waals surface area contributed by atoms with Gasteiger partial charge in [0.2, 0.25) is 0 Å². The van der Waals surface area contributed by atoms with Crippen molar-refractivity contribution in [2.24, 2.45) is 0 Å². The molecule has 1 aliphatic rings. The molecule has 31 heavy (non-hydrogen) atoms. The van der Waals surface area contributed by atoms with Crippen LogP contribution in [-0.4, -0.2) is 41.6 Å². The highest BCUT2D eigenvalue weighted by Gasteiger charge is 2.23. The summed E-state index contributed by atoms with van der Waals surface area (Å²) in [5.41, 5.74) is 1.24. The molecule has 0 atom stereocenters. The number of esters is 1. The molecule has 1 amide bonds. The second-order valence-electron chi connectivity index (χ2n) is 6.87. The van der Waals surface area contributed by atoms with E-state index in [-0.39, 0.29) is 23.5 Å². The van der Waals surface area contributed by atoms with Crippen molar-refractivity contribution in [2.75, 3.05) is 25.1 Å². The molecule has 0 unspecified atom stereocenters. The van der Waals surface area contributed by atoms with Crippen LogP contribution in [0.25, 0.3) is 10.9 Å². The summed E-state index contributed by atoms with van der Waals surface area (Å²) in [5, 5.41) is 14.7. The van der Waals surface area contributed by atoms with Gasteiger partial charge in [-0.25, -0.2) is 0 Å². The summed E-state index contributed by atoms with van der Waals surface area (Å²) in [6.45, 7) is 0.193. The van der Waals surface area contributed by atoms with Crippen LogP contribution in [0.2, 0.25) is 0 Å². The first-order chi connectivity index (χ1) is 15.0. The van der Waals surface area contributed by atoms with Gasteiger partial charge >= 0.3 is 5.97 Å². The van der Waals surface area contributed by atoms with Gasteiger partial charge in [-0.2, -0.15) is 0 Å². The van der Waals surface area contributed by atoms with Crippen LogP contribution in [0.4, 0.5) is 11.4 Å². The van der Waals surface area contributed by atoms with E-state index in [1.807, 2.05) is 24.3 Å². The van der Waals surface area contributed by atoms with Gasteiger partial charge in [-0.15, -0.1) is 0 Å². The summed E-state index contributed by atoms with van der Waals surface area (Å²) < 4.78 is 16.0. The molecular weight excluding hydrogens is 406 g/mol. The predicted octanol–water partition coefficient (Wildman–Crippen LogP) is 2.96. The number of H-pyrrole nitrogens is 1. The van der Waals surface area contributed by atoms with Crippen molar-refractivity contribution in [1.29, 1.82) is 0 Å². The Morgan fingerprint density at radius 1 is 1.16 bits per heavy atom. The Bertz CT molecular complexity index is 1160. The Balaban J connectivity index is 1.39. The fraction of sp³-hybridized carbons (Fsp3) is 0.238. The molecule has 0 saturated heterocycles. The molecule has 0 spiro atoms. The molecule has 0 saturated carbocycles. The van der Waals surface area contributed by atoms with Crippen molar-refractivity contribution in [2.45, 2.75) is 12.8 Å². The largest absolute Gasteiger partial charge is 0.489 e. The van der Waals surface area contributed by atoms with Crippen LogP contribution < -0.4 is 14.8 Å². The third kappa shape index (κ3) is 4.58. The molecule has 0 bridgehead atoms. The minimum atomic E-state index is -0.704. The van der Waals surface area contributed by atoms with Crippen molar-refractivity contribution in [3.63, 3.8) is 0 Å². The van der Waals surface area contributed by atoms with Crippen LogP contribution in [0.5, 0.6) is 11.5 Å². The quantitative estimate of drug-likeness (QED) is 0.352. The van der Waals surface area contributed by atoms with E-state index in [2.05, 4.69) is 10.3 Å². The maximum atomic E-state index is 12.3. The Hall–Kier alpha value is -4.08. The Morgan fingerprint density at radius 3 is 2.68 bits per heavy atom. The number of rotatable bonds is 6. The van der Waals surface area contributed by atoms with Gasteiger partial charge in [0.25, 0.3) is 11.6 Å². The van der Waals surface area contributed by atoms with Crippen molar-refractivity contribution in [1.82, 2.24) is 4.98 Å². The van der Waals surface area contributed by atoms with E-state index in [9.17, 15) is 19.7 Å². The molecule has 2 aromatic carbocycles. The number of anilines is 1. The van der Waals surface area contributed by atoms with E-state index in [0.717, 1.165) is 16.5 Å². The number of nitro benzene ring substituents is 1. The first kappa shape index (κ1) is 20.2. The average Bonchev–Trinajstić information content (AvgIpc) is 3.00. The van der Waals surface area contributed by atoms with Crippen LogP contribution in [0.1, 0.15) is 12.0 Å². The zero-order valence-corrected chi connectivity index (χ0v) is 16.4. The number of hydrogen-bond acceptors (Lipinski definition) is 7. The van der Waals surface area contributed by atoms with Gasteiger partial charge in [0.15, 0.2) is 18.1 Å². The topological polar surface area (TPSA) is 133 Å². The lowest BCUT2D eigenvalue weighted by Crippen LogP contribution is -2.22. The standard InChI is InChI=1S/C21H19N3O7/c25-20(12-31-21(26)8-13-11-22-15-5-2-1-4-14(13)15)23-16-9-18-19(10-17(16)24(27)28)30-7-3-6-29-18/h1-2,4-5,9-11,22H,3,6-8,12H2,(H,23,25). The highest BCUT2D eigenvalue weighted by atomic mass is 16.6. The summed E-state index contributed by atoms with van der Waals surface area (Å²) in [4.78, 5) is 38.2. The van der Waals surface area contributed by atoms with E-state index in [0.29, 0.717) is 25.4 Å². The summed E-state index contributed by atoms with van der Waals surface area (Å²) in [5.74, 6) is -0.750. The lowest BCUT2D eigenvalue weighted by molar-refractivity contribution is -0.384. The Morgan fingerprint density at radius 2 is 1.90 bits per heavy atom. The number of nitrogens with one attached hydrogen (secondary N) is 2. The predicted molar refractivity (Wildman–Crippen MR) is 110 cm³/mol. The van der Waals surface area contributed by atoms with Gasteiger partial charge in [-0.3, -0.25) is 19.7 Å². The first-order valence-corrected chi connectivity index (χ1v) is 9.60. The normalized spacial score (nSPS) is 12.8. The second-order valence-corrected chi connectivity index (χ2v) is 6.87. The molecular formula is C21H19N3O7. The number of carbonyl (C=O) groups is 2. The van der Waals surface area contributed by atoms with Crippen LogP contribution >= 0.6 is 0 Å². The van der Waals surface area contributed by atoms with E-state index < -0.39 is 23.4 Å². The van der Waals surface area contributed by atoms with E-state index in [1.165, 1.54) is 12.1 Å². The zero-order chi connectivity index (χ0) is 21.8. The Kier molecular flexibility index (Phi) is 5.69. The molecule has 3 aromatic rings. The van der Waals surface area contributed by atoms with Crippen molar-refractivity contribution in [3.8, 4) is 11.5 Å². The van der Waals surface area contributed by atoms with Gasteiger partial charge < -0.3 is 24.5 Å². The minimum absolute atomic E-state index is 0.0124. The van der Waals surface area contributed by atoms with E-state index in [4.69, 9.17) is 14.2 Å². The van der Waals surface area contributed by atoms with Crippen molar-refractivity contribution >= 4 is 34.2 Å². The highest BCUT2D eigenvalue weighted by molar-refractivity contribution is 5.96. The number of nitro groups is 1. The Labute approximate surface area is 176 Å². The number of fused-ring (bicyclic) bond motifs is 2.